The molecular formula is C12H13BrN2O2. The van der Waals surface area contributed by atoms with Crippen molar-refractivity contribution in [2.75, 3.05) is 14.2 Å². The normalized spacial score (nSPS) is 10.3. The lowest BCUT2D eigenvalue weighted by molar-refractivity contribution is 0.354. The molecule has 0 aliphatic heterocycles. The van der Waals surface area contributed by atoms with Gasteiger partial charge in [-0.1, -0.05) is 6.07 Å². The number of halogens is 1. The standard InChI is InChI=1S/C12H13BrN2O2/c1-16-10-4-3-9(5-11(10)17-2)6-15-7-12(13)14-8-15/h3-5,7-8H,6H2,1-2H3. The van der Waals surface area contributed by atoms with Crippen LogP contribution in [-0.4, -0.2) is 23.8 Å². The third kappa shape index (κ3) is 2.79. The summed E-state index contributed by atoms with van der Waals surface area (Å²) in [5.41, 5.74) is 1.13. The number of nitrogens with zero attached hydrogens (tertiary/aromatic N) is 2. The summed E-state index contributed by atoms with van der Waals surface area (Å²) < 4.78 is 13.3. The van der Waals surface area contributed by atoms with Gasteiger partial charge >= 0.3 is 0 Å². The monoisotopic (exact) mass is 296 g/mol. The number of ether oxygens (including phenoxy) is 2. The highest BCUT2D eigenvalue weighted by Gasteiger charge is 2.05. The van der Waals surface area contributed by atoms with E-state index in [4.69, 9.17) is 9.47 Å². The molecule has 90 valence electrons. The van der Waals surface area contributed by atoms with E-state index in [2.05, 4.69) is 20.9 Å². The minimum atomic E-state index is 0.739. The summed E-state index contributed by atoms with van der Waals surface area (Å²) in [7, 11) is 3.26. The van der Waals surface area contributed by atoms with Gasteiger partial charge in [-0.3, -0.25) is 0 Å². The van der Waals surface area contributed by atoms with Crippen LogP contribution in [0.1, 0.15) is 5.56 Å². The lowest BCUT2D eigenvalue weighted by Crippen LogP contribution is -1.98. The van der Waals surface area contributed by atoms with Gasteiger partial charge < -0.3 is 14.0 Å². The van der Waals surface area contributed by atoms with E-state index in [0.29, 0.717) is 0 Å². The van der Waals surface area contributed by atoms with E-state index in [1.807, 2.05) is 29.0 Å². The van der Waals surface area contributed by atoms with Gasteiger partial charge in [0.25, 0.3) is 0 Å². The molecule has 5 heteroatoms. The quantitative estimate of drug-likeness (QED) is 0.870. The molecule has 2 rings (SSSR count). The molecule has 1 aromatic carbocycles. The number of methoxy groups -OCH3 is 2. The average molecular weight is 297 g/mol. The number of imidazole rings is 1. The van der Waals surface area contributed by atoms with Crippen LogP contribution in [0, 0.1) is 0 Å². The number of aromatic nitrogens is 2. The first kappa shape index (κ1) is 12.0. The van der Waals surface area contributed by atoms with E-state index in [1.165, 1.54) is 0 Å². The Morgan fingerprint density at radius 1 is 1.24 bits per heavy atom. The van der Waals surface area contributed by atoms with Gasteiger partial charge in [0.05, 0.1) is 20.5 Å². The van der Waals surface area contributed by atoms with Crippen molar-refractivity contribution in [2.45, 2.75) is 6.54 Å². The first-order valence-electron chi connectivity index (χ1n) is 5.11. The molecule has 0 bridgehead atoms. The highest BCUT2D eigenvalue weighted by atomic mass is 79.9. The van der Waals surface area contributed by atoms with E-state index >= 15 is 0 Å². The Hall–Kier alpha value is -1.49. The molecule has 4 nitrogen and oxygen atoms in total. The van der Waals surface area contributed by atoms with Crippen LogP contribution in [0.15, 0.2) is 35.3 Å². The fourth-order valence-corrected chi connectivity index (χ4v) is 1.96. The summed E-state index contributed by atoms with van der Waals surface area (Å²) in [4.78, 5) is 4.11. The van der Waals surface area contributed by atoms with Gasteiger partial charge in [0.2, 0.25) is 0 Å². The van der Waals surface area contributed by atoms with Crippen molar-refractivity contribution in [3.8, 4) is 11.5 Å². The zero-order valence-electron chi connectivity index (χ0n) is 9.68. The van der Waals surface area contributed by atoms with E-state index in [1.54, 1.807) is 20.5 Å². The van der Waals surface area contributed by atoms with E-state index in [-0.39, 0.29) is 0 Å². The van der Waals surface area contributed by atoms with Crippen molar-refractivity contribution in [3.05, 3.63) is 40.9 Å². The molecule has 0 saturated heterocycles. The van der Waals surface area contributed by atoms with Crippen molar-refractivity contribution in [1.29, 1.82) is 0 Å². The summed E-state index contributed by atoms with van der Waals surface area (Å²) in [5, 5.41) is 0. The largest absolute Gasteiger partial charge is 0.493 e. The smallest absolute Gasteiger partial charge is 0.161 e. The SMILES string of the molecule is COc1ccc(Cn2cnc(Br)c2)cc1OC. The Bertz CT molecular complexity index is 511. The van der Waals surface area contributed by atoms with Crippen molar-refractivity contribution in [1.82, 2.24) is 9.55 Å². The third-order valence-corrected chi connectivity index (χ3v) is 2.82. The Labute approximate surface area is 108 Å². The Balaban J connectivity index is 2.22. The first-order valence-corrected chi connectivity index (χ1v) is 5.90. The average Bonchev–Trinajstić information content (AvgIpc) is 2.74. The van der Waals surface area contributed by atoms with E-state index < -0.39 is 0 Å². The predicted molar refractivity (Wildman–Crippen MR) is 68.6 cm³/mol. The Morgan fingerprint density at radius 2 is 2.00 bits per heavy atom. The highest BCUT2D eigenvalue weighted by Crippen LogP contribution is 2.27. The maximum absolute atomic E-state index is 5.26. The molecule has 0 aliphatic carbocycles. The van der Waals surface area contributed by atoms with Crippen LogP contribution in [0.4, 0.5) is 0 Å². The second-order valence-electron chi connectivity index (χ2n) is 3.56. The predicted octanol–water partition coefficient (Wildman–Crippen LogP) is 2.71. The second-order valence-corrected chi connectivity index (χ2v) is 4.37. The minimum absolute atomic E-state index is 0.739. The lowest BCUT2D eigenvalue weighted by Gasteiger charge is -2.09. The van der Waals surface area contributed by atoms with Gasteiger partial charge in [-0.25, -0.2) is 4.98 Å². The maximum Gasteiger partial charge on any atom is 0.161 e. The molecule has 0 atom stereocenters. The molecule has 17 heavy (non-hydrogen) atoms. The maximum atomic E-state index is 5.26. The highest BCUT2D eigenvalue weighted by molar-refractivity contribution is 9.10. The second kappa shape index (κ2) is 5.23. The number of benzene rings is 1. The number of hydrogen-bond donors (Lipinski definition) is 0. The zero-order chi connectivity index (χ0) is 12.3. The minimum Gasteiger partial charge on any atom is -0.493 e. The zero-order valence-corrected chi connectivity index (χ0v) is 11.3. The fraction of sp³-hybridized carbons (Fsp3) is 0.250. The summed E-state index contributed by atoms with van der Waals surface area (Å²) in [6, 6.07) is 5.88. The van der Waals surface area contributed by atoms with Crippen LogP contribution in [-0.2, 0) is 6.54 Å². The summed E-state index contributed by atoms with van der Waals surface area (Å²) in [5.74, 6) is 1.48. The Kier molecular flexibility index (Phi) is 3.68. The van der Waals surface area contributed by atoms with E-state index in [0.717, 1.165) is 28.2 Å². The molecule has 0 aliphatic rings. The molecule has 1 aromatic heterocycles. The molecule has 2 aromatic rings. The molecule has 0 N–H and O–H groups in total. The van der Waals surface area contributed by atoms with Gasteiger partial charge in [0.15, 0.2) is 11.5 Å². The van der Waals surface area contributed by atoms with Crippen molar-refractivity contribution in [2.24, 2.45) is 0 Å². The van der Waals surface area contributed by atoms with E-state index in [9.17, 15) is 0 Å². The molecule has 0 fully saturated rings. The third-order valence-electron chi connectivity index (χ3n) is 2.41. The van der Waals surface area contributed by atoms with Crippen molar-refractivity contribution >= 4 is 15.9 Å². The lowest BCUT2D eigenvalue weighted by atomic mass is 10.2. The van der Waals surface area contributed by atoms with Gasteiger partial charge in [0.1, 0.15) is 4.60 Å². The van der Waals surface area contributed by atoms with Gasteiger partial charge in [-0.2, -0.15) is 0 Å². The van der Waals surface area contributed by atoms with Crippen LogP contribution in [0.3, 0.4) is 0 Å². The van der Waals surface area contributed by atoms with Crippen molar-refractivity contribution in [3.63, 3.8) is 0 Å². The molecule has 0 amide bonds. The fourth-order valence-electron chi connectivity index (χ4n) is 1.61. The summed E-state index contributed by atoms with van der Waals surface area (Å²) in [6.45, 7) is 0.749. The van der Waals surface area contributed by atoms with Crippen molar-refractivity contribution < 1.29 is 9.47 Å². The van der Waals surface area contributed by atoms with Crippen LogP contribution in [0.2, 0.25) is 0 Å². The van der Waals surface area contributed by atoms with Crippen LogP contribution in [0.5, 0.6) is 11.5 Å². The molecule has 0 unspecified atom stereocenters. The molecular weight excluding hydrogens is 284 g/mol. The van der Waals surface area contributed by atoms with Gasteiger partial charge in [0, 0.05) is 12.7 Å². The number of rotatable bonds is 4. The van der Waals surface area contributed by atoms with Crippen LogP contribution >= 0.6 is 15.9 Å². The van der Waals surface area contributed by atoms with Crippen LogP contribution in [0.25, 0.3) is 0 Å². The summed E-state index contributed by atoms with van der Waals surface area (Å²) in [6.07, 6.45) is 3.71. The van der Waals surface area contributed by atoms with Crippen LogP contribution < -0.4 is 9.47 Å². The molecule has 1 heterocycles. The van der Waals surface area contributed by atoms with Gasteiger partial charge in [-0.15, -0.1) is 0 Å². The number of hydrogen-bond acceptors (Lipinski definition) is 3. The Morgan fingerprint density at radius 3 is 2.59 bits per heavy atom. The topological polar surface area (TPSA) is 36.3 Å². The molecule has 0 radical (unpaired) electrons. The summed E-state index contributed by atoms with van der Waals surface area (Å²) >= 11 is 3.32. The van der Waals surface area contributed by atoms with Gasteiger partial charge in [-0.05, 0) is 33.6 Å². The molecule has 0 saturated carbocycles. The first-order chi connectivity index (χ1) is 8.22. The molecule has 0 spiro atoms.